The highest BCUT2D eigenvalue weighted by Gasteiger charge is 2.38. The lowest BCUT2D eigenvalue weighted by atomic mass is 10.1. The van der Waals surface area contributed by atoms with Gasteiger partial charge in [-0.15, -0.1) is 0 Å². The summed E-state index contributed by atoms with van der Waals surface area (Å²) in [5, 5.41) is 14.4. The van der Waals surface area contributed by atoms with Gasteiger partial charge in [-0.1, -0.05) is 54.3 Å². The van der Waals surface area contributed by atoms with Crippen LogP contribution in [0.15, 0.2) is 78.9 Å². The van der Waals surface area contributed by atoms with Gasteiger partial charge in [0.2, 0.25) is 0 Å². The van der Waals surface area contributed by atoms with Gasteiger partial charge in [-0.25, -0.2) is 0 Å². The van der Waals surface area contributed by atoms with Crippen molar-refractivity contribution in [1.29, 1.82) is 0 Å². The van der Waals surface area contributed by atoms with E-state index in [-0.39, 0.29) is 18.9 Å². The van der Waals surface area contributed by atoms with Crippen LogP contribution in [0.4, 0.5) is 11.4 Å². The first-order valence-corrected chi connectivity index (χ1v) is 12.1. The molecule has 0 heterocycles. The van der Waals surface area contributed by atoms with Crippen LogP contribution in [0.2, 0.25) is 0 Å². The number of nitrogens with one attached hydrogen (secondary N) is 1. The Balaban J connectivity index is 2.10. The fourth-order valence-corrected chi connectivity index (χ4v) is 5.22. The molecule has 8 heteroatoms. The average Bonchev–Trinajstić information content (AvgIpc) is 2.82. The Bertz CT molecular complexity index is 1190. The number of hydrogen-bond donors (Lipinski definition) is 1. The molecule has 0 aliphatic carbocycles. The zero-order chi connectivity index (χ0) is 23.7. The van der Waals surface area contributed by atoms with E-state index >= 15 is 0 Å². The zero-order valence-electron chi connectivity index (χ0n) is 18.4. The fourth-order valence-electron chi connectivity index (χ4n) is 3.25. The van der Waals surface area contributed by atoms with Gasteiger partial charge >= 0.3 is 7.60 Å². The fraction of sp³-hybridized carbons (Fsp3) is 0.200. The van der Waals surface area contributed by atoms with Crippen molar-refractivity contribution >= 4 is 19.0 Å². The second-order valence-electron chi connectivity index (χ2n) is 6.93. The normalized spacial score (nSPS) is 11.8. The van der Waals surface area contributed by atoms with Crippen LogP contribution in [-0.2, 0) is 13.6 Å². The van der Waals surface area contributed by atoms with Crippen molar-refractivity contribution in [2.75, 3.05) is 18.5 Å². The summed E-state index contributed by atoms with van der Waals surface area (Å²) in [4.78, 5) is 10.8. The highest BCUT2D eigenvalue weighted by atomic mass is 31.2. The van der Waals surface area contributed by atoms with Crippen LogP contribution in [0.5, 0.6) is 0 Å². The van der Waals surface area contributed by atoms with Gasteiger partial charge in [-0.05, 0) is 38.1 Å². The van der Waals surface area contributed by atoms with E-state index in [0.717, 1.165) is 5.56 Å². The first kappa shape index (κ1) is 24.2. The molecule has 0 fully saturated rings. The number of benzene rings is 3. The summed E-state index contributed by atoms with van der Waals surface area (Å²) >= 11 is 0. The predicted octanol–water partition coefficient (Wildman–Crippen LogP) is 6.37. The molecule has 7 nitrogen and oxygen atoms in total. The maximum Gasteiger partial charge on any atom is 0.357 e. The van der Waals surface area contributed by atoms with Crippen LogP contribution < -0.4 is 5.32 Å². The topological polar surface area (TPSA) is 90.7 Å². The summed E-state index contributed by atoms with van der Waals surface area (Å²) in [6, 6.07) is 22.8. The molecular formula is C25H25N2O5P. The number of nitrogens with zero attached hydrogens (tertiary/aromatic N) is 1. The summed E-state index contributed by atoms with van der Waals surface area (Å²) in [6.45, 7) is 3.80. The van der Waals surface area contributed by atoms with Crippen molar-refractivity contribution in [3.8, 4) is 11.8 Å². The third kappa shape index (κ3) is 6.30. The standard InChI is InChI=1S/C25H25N2O5P/c1-3-31-33(30,32-4-2)25(26-22-14-10-15-23(19-22)27(28)29)24-16-9-8-13-21(24)18-17-20-11-6-5-7-12-20/h5-16,19,25-26H,3-4H2,1-2H3. The van der Waals surface area contributed by atoms with E-state index < -0.39 is 18.3 Å². The lowest BCUT2D eigenvalue weighted by Gasteiger charge is -2.28. The van der Waals surface area contributed by atoms with Gasteiger partial charge in [-0.2, -0.15) is 0 Å². The van der Waals surface area contributed by atoms with E-state index in [4.69, 9.17) is 9.05 Å². The van der Waals surface area contributed by atoms with Gasteiger partial charge in [0.1, 0.15) is 0 Å². The average molecular weight is 464 g/mol. The molecular weight excluding hydrogens is 439 g/mol. The Labute approximate surface area is 193 Å². The number of anilines is 1. The molecule has 0 aromatic heterocycles. The van der Waals surface area contributed by atoms with Crippen LogP contribution in [-0.4, -0.2) is 18.1 Å². The highest BCUT2D eigenvalue weighted by Crippen LogP contribution is 2.61. The molecule has 33 heavy (non-hydrogen) atoms. The van der Waals surface area contributed by atoms with E-state index in [0.29, 0.717) is 16.8 Å². The van der Waals surface area contributed by atoms with Gasteiger partial charge in [0.15, 0.2) is 5.78 Å². The summed E-state index contributed by atoms with van der Waals surface area (Å²) in [7, 11) is -3.73. The second-order valence-corrected chi connectivity index (χ2v) is 9.05. The molecule has 3 aromatic carbocycles. The number of rotatable bonds is 9. The van der Waals surface area contributed by atoms with E-state index in [9.17, 15) is 14.7 Å². The molecule has 0 saturated carbocycles. The largest absolute Gasteiger partial charge is 0.368 e. The molecule has 0 amide bonds. The molecule has 3 rings (SSSR count). The van der Waals surface area contributed by atoms with Crippen molar-refractivity contribution in [1.82, 2.24) is 0 Å². The molecule has 1 unspecified atom stereocenters. The minimum atomic E-state index is -3.73. The van der Waals surface area contributed by atoms with Crippen LogP contribution >= 0.6 is 7.60 Å². The number of non-ortho nitro benzene ring substituents is 1. The molecule has 3 aromatic rings. The van der Waals surface area contributed by atoms with Gasteiger partial charge in [0.05, 0.1) is 18.1 Å². The first-order valence-electron chi connectivity index (χ1n) is 10.5. The summed E-state index contributed by atoms with van der Waals surface area (Å²) in [6.07, 6.45) is 0. The molecule has 1 N–H and O–H groups in total. The van der Waals surface area contributed by atoms with E-state index in [1.165, 1.54) is 12.1 Å². The summed E-state index contributed by atoms with van der Waals surface area (Å²) in [5.74, 6) is 5.34. The molecule has 0 spiro atoms. The molecule has 170 valence electrons. The summed E-state index contributed by atoms with van der Waals surface area (Å²) in [5.41, 5.74) is 2.42. The van der Waals surface area contributed by atoms with Crippen molar-refractivity contribution in [3.05, 3.63) is 106 Å². The maximum atomic E-state index is 13.9. The molecule has 1 atom stereocenters. The SMILES string of the molecule is CCOP(=O)(OCC)C(Nc1cccc([N+](=O)[O-])c1)c1ccccc1C#Cc1ccccc1. The predicted molar refractivity (Wildman–Crippen MR) is 129 cm³/mol. The second kappa shape index (κ2) is 11.4. The van der Waals surface area contributed by atoms with Gasteiger partial charge in [0.25, 0.3) is 5.69 Å². The molecule has 0 radical (unpaired) electrons. The first-order chi connectivity index (χ1) is 16.0. The van der Waals surface area contributed by atoms with Gasteiger partial charge in [0, 0.05) is 34.5 Å². The minimum Gasteiger partial charge on any atom is -0.368 e. The van der Waals surface area contributed by atoms with Crippen LogP contribution in [0.1, 0.15) is 36.3 Å². The molecule has 0 aliphatic heterocycles. The third-order valence-electron chi connectivity index (χ3n) is 4.67. The van der Waals surface area contributed by atoms with Gasteiger partial charge in [-0.3, -0.25) is 14.7 Å². The smallest absolute Gasteiger partial charge is 0.357 e. The Morgan fingerprint density at radius 3 is 2.27 bits per heavy atom. The molecule has 0 bridgehead atoms. The van der Waals surface area contributed by atoms with Crippen molar-refractivity contribution in [3.63, 3.8) is 0 Å². The van der Waals surface area contributed by atoms with Crippen molar-refractivity contribution < 1.29 is 18.5 Å². The Kier molecular flexibility index (Phi) is 8.39. The zero-order valence-corrected chi connectivity index (χ0v) is 19.3. The molecule has 0 saturated heterocycles. The van der Waals surface area contributed by atoms with Crippen LogP contribution in [0.3, 0.4) is 0 Å². The van der Waals surface area contributed by atoms with E-state index in [1.54, 1.807) is 32.0 Å². The highest BCUT2D eigenvalue weighted by molar-refractivity contribution is 7.54. The number of nitro benzene ring substituents is 1. The minimum absolute atomic E-state index is 0.0847. The number of hydrogen-bond acceptors (Lipinski definition) is 6. The third-order valence-corrected chi connectivity index (χ3v) is 6.94. The Morgan fingerprint density at radius 1 is 0.939 bits per heavy atom. The van der Waals surface area contributed by atoms with Gasteiger partial charge < -0.3 is 14.4 Å². The van der Waals surface area contributed by atoms with Crippen molar-refractivity contribution in [2.45, 2.75) is 19.6 Å². The number of nitro groups is 1. The Morgan fingerprint density at radius 2 is 1.61 bits per heavy atom. The maximum absolute atomic E-state index is 13.9. The summed E-state index contributed by atoms with van der Waals surface area (Å²) < 4.78 is 25.2. The lowest BCUT2D eigenvalue weighted by molar-refractivity contribution is -0.384. The quantitative estimate of drug-likeness (QED) is 0.171. The van der Waals surface area contributed by atoms with Crippen LogP contribution in [0, 0.1) is 22.0 Å². The van der Waals surface area contributed by atoms with E-state index in [1.807, 2.05) is 48.5 Å². The lowest BCUT2D eigenvalue weighted by Crippen LogP contribution is -2.16. The van der Waals surface area contributed by atoms with Crippen molar-refractivity contribution in [2.24, 2.45) is 0 Å². The van der Waals surface area contributed by atoms with Crippen LogP contribution in [0.25, 0.3) is 0 Å². The van der Waals surface area contributed by atoms with E-state index in [2.05, 4.69) is 17.2 Å². The monoisotopic (exact) mass is 464 g/mol. The Hall–Kier alpha value is -3.43. The molecule has 0 aliphatic rings.